The fourth-order valence-corrected chi connectivity index (χ4v) is 4.18. The molecule has 1 saturated heterocycles. The van der Waals surface area contributed by atoms with Crippen LogP contribution in [-0.4, -0.2) is 50.1 Å². The second-order valence-electron chi connectivity index (χ2n) is 7.14. The molecule has 2 atom stereocenters. The lowest BCUT2D eigenvalue weighted by Crippen LogP contribution is -2.44. The molecule has 2 unspecified atom stereocenters. The van der Waals surface area contributed by atoms with Gasteiger partial charge >= 0.3 is 0 Å². The number of rotatable bonds is 6. The van der Waals surface area contributed by atoms with Crippen molar-refractivity contribution in [2.75, 3.05) is 39.3 Å². The molecular weight excluding hydrogens is 298 g/mol. The Balaban J connectivity index is 0.00000176. The first-order valence-corrected chi connectivity index (χ1v) is 9.05. The van der Waals surface area contributed by atoms with E-state index in [1.807, 2.05) is 0 Å². The van der Waals surface area contributed by atoms with Gasteiger partial charge in [-0.1, -0.05) is 32.1 Å². The van der Waals surface area contributed by atoms with Crippen LogP contribution in [-0.2, 0) is 4.79 Å². The van der Waals surface area contributed by atoms with Crippen LogP contribution in [0.3, 0.4) is 0 Å². The fraction of sp³-hybridized carbons (Fsp3) is 0.941. The second-order valence-corrected chi connectivity index (χ2v) is 7.14. The van der Waals surface area contributed by atoms with Crippen LogP contribution in [0, 0.1) is 17.8 Å². The monoisotopic (exact) mass is 329 g/mol. The average Bonchev–Trinajstić information content (AvgIpc) is 3.34. The van der Waals surface area contributed by atoms with Gasteiger partial charge in [0.15, 0.2) is 0 Å². The molecule has 2 aliphatic carbocycles. The molecule has 4 nitrogen and oxygen atoms in total. The summed E-state index contributed by atoms with van der Waals surface area (Å²) < 4.78 is 0. The number of carbonyl (C=O) groups excluding carboxylic acids is 1. The van der Waals surface area contributed by atoms with E-state index in [4.69, 9.17) is 0 Å². The minimum atomic E-state index is 0. The largest absolute Gasteiger partial charge is 0.356 e. The van der Waals surface area contributed by atoms with Crippen LogP contribution in [0.4, 0.5) is 0 Å². The predicted molar refractivity (Wildman–Crippen MR) is 92.4 cm³/mol. The van der Waals surface area contributed by atoms with Gasteiger partial charge in [0.25, 0.3) is 0 Å². The third-order valence-corrected chi connectivity index (χ3v) is 5.59. The molecule has 5 heteroatoms. The highest BCUT2D eigenvalue weighted by Crippen LogP contribution is 2.49. The zero-order chi connectivity index (χ0) is 14.5. The van der Waals surface area contributed by atoms with Gasteiger partial charge in [-0.25, -0.2) is 0 Å². The Morgan fingerprint density at radius 2 is 1.86 bits per heavy atom. The summed E-state index contributed by atoms with van der Waals surface area (Å²) in [7, 11) is 0. The van der Waals surface area contributed by atoms with Crippen molar-refractivity contribution in [3.8, 4) is 0 Å². The van der Waals surface area contributed by atoms with E-state index in [-0.39, 0.29) is 12.4 Å². The lowest BCUT2D eigenvalue weighted by molar-refractivity contribution is -0.122. The van der Waals surface area contributed by atoms with Crippen LogP contribution < -0.4 is 10.6 Å². The topological polar surface area (TPSA) is 44.4 Å². The van der Waals surface area contributed by atoms with Crippen molar-refractivity contribution in [1.29, 1.82) is 0 Å². The average molecular weight is 330 g/mol. The quantitative estimate of drug-likeness (QED) is 0.733. The third kappa shape index (κ3) is 5.10. The van der Waals surface area contributed by atoms with Crippen molar-refractivity contribution in [1.82, 2.24) is 15.5 Å². The summed E-state index contributed by atoms with van der Waals surface area (Å²) in [6.07, 6.45) is 9.18. The van der Waals surface area contributed by atoms with E-state index in [1.165, 1.54) is 32.1 Å². The number of nitrogens with zero attached hydrogens (tertiary/aromatic N) is 1. The maximum Gasteiger partial charge on any atom is 0.223 e. The van der Waals surface area contributed by atoms with Crippen LogP contribution in [0.1, 0.15) is 44.9 Å². The van der Waals surface area contributed by atoms with Gasteiger partial charge in [-0.05, 0) is 31.2 Å². The highest BCUT2D eigenvalue weighted by molar-refractivity contribution is 5.85. The molecule has 1 aliphatic heterocycles. The number of amides is 1. The van der Waals surface area contributed by atoms with Crippen molar-refractivity contribution in [2.24, 2.45) is 17.8 Å². The summed E-state index contributed by atoms with van der Waals surface area (Å²) in [4.78, 5) is 14.7. The van der Waals surface area contributed by atoms with E-state index in [2.05, 4.69) is 15.5 Å². The zero-order valence-corrected chi connectivity index (χ0v) is 14.5. The normalized spacial score (nSPS) is 29.6. The molecule has 0 aromatic rings. The molecule has 2 saturated carbocycles. The predicted octanol–water partition coefficient (Wildman–Crippen LogP) is 2.04. The van der Waals surface area contributed by atoms with Gasteiger partial charge in [-0.2, -0.15) is 0 Å². The number of piperazine rings is 1. The Morgan fingerprint density at radius 1 is 1.14 bits per heavy atom. The van der Waals surface area contributed by atoms with E-state index in [0.29, 0.717) is 11.8 Å². The SMILES string of the molecule is Cl.O=C(NCCCN1CCNCC1)C1CC1C1CCCCC1. The summed E-state index contributed by atoms with van der Waals surface area (Å²) in [6.45, 7) is 6.50. The second kappa shape index (κ2) is 9.09. The van der Waals surface area contributed by atoms with Crippen LogP contribution in [0.25, 0.3) is 0 Å². The highest BCUT2D eigenvalue weighted by atomic mass is 35.5. The molecule has 22 heavy (non-hydrogen) atoms. The number of carbonyl (C=O) groups is 1. The third-order valence-electron chi connectivity index (χ3n) is 5.59. The molecule has 0 spiro atoms. The Hall–Kier alpha value is -0.320. The summed E-state index contributed by atoms with van der Waals surface area (Å²) in [6, 6.07) is 0. The summed E-state index contributed by atoms with van der Waals surface area (Å²) >= 11 is 0. The molecule has 0 radical (unpaired) electrons. The molecule has 0 aromatic heterocycles. The Morgan fingerprint density at radius 3 is 2.59 bits per heavy atom. The number of hydrogen-bond acceptors (Lipinski definition) is 3. The Bertz CT molecular complexity index is 341. The van der Waals surface area contributed by atoms with E-state index < -0.39 is 0 Å². The molecule has 2 N–H and O–H groups in total. The highest BCUT2D eigenvalue weighted by Gasteiger charge is 2.47. The number of hydrogen-bond donors (Lipinski definition) is 2. The first-order valence-electron chi connectivity index (χ1n) is 9.05. The molecule has 3 fully saturated rings. The van der Waals surface area contributed by atoms with Gasteiger partial charge < -0.3 is 15.5 Å². The zero-order valence-electron chi connectivity index (χ0n) is 13.7. The molecule has 0 aromatic carbocycles. The van der Waals surface area contributed by atoms with Crippen molar-refractivity contribution in [3.63, 3.8) is 0 Å². The van der Waals surface area contributed by atoms with Crippen LogP contribution >= 0.6 is 12.4 Å². The Kier molecular flexibility index (Phi) is 7.45. The molecule has 1 amide bonds. The Labute approximate surface area is 141 Å². The van der Waals surface area contributed by atoms with E-state index in [0.717, 1.165) is 63.9 Å². The van der Waals surface area contributed by atoms with Crippen molar-refractivity contribution < 1.29 is 4.79 Å². The maximum atomic E-state index is 12.2. The smallest absolute Gasteiger partial charge is 0.223 e. The van der Waals surface area contributed by atoms with E-state index in [1.54, 1.807) is 0 Å². The van der Waals surface area contributed by atoms with E-state index in [9.17, 15) is 4.79 Å². The molecular formula is C17H32ClN3O. The molecule has 1 heterocycles. The molecule has 3 rings (SSSR count). The fourth-order valence-electron chi connectivity index (χ4n) is 4.18. The van der Waals surface area contributed by atoms with Gasteiger partial charge in [-0.3, -0.25) is 4.79 Å². The minimum Gasteiger partial charge on any atom is -0.356 e. The van der Waals surface area contributed by atoms with Gasteiger partial charge in [0.2, 0.25) is 5.91 Å². The van der Waals surface area contributed by atoms with Crippen LogP contribution in [0.2, 0.25) is 0 Å². The molecule has 128 valence electrons. The summed E-state index contributed by atoms with van der Waals surface area (Å²) in [5.74, 6) is 2.27. The molecule has 3 aliphatic rings. The lowest BCUT2D eigenvalue weighted by Gasteiger charge is -2.27. The molecule has 0 bridgehead atoms. The number of nitrogens with one attached hydrogen (secondary N) is 2. The van der Waals surface area contributed by atoms with Crippen molar-refractivity contribution in [2.45, 2.75) is 44.9 Å². The first-order chi connectivity index (χ1) is 10.3. The summed E-state index contributed by atoms with van der Waals surface area (Å²) in [5, 5.41) is 6.54. The summed E-state index contributed by atoms with van der Waals surface area (Å²) in [5.41, 5.74) is 0. The lowest BCUT2D eigenvalue weighted by atomic mass is 9.85. The van der Waals surface area contributed by atoms with Crippen molar-refractivity contribution in [3.05, 3.63) is 0 Å². The maximum absolute atomic E-state index is 12.2. The number of halogens is 1. The minimum absolute atomic E-state index is 0. The van der Waals surface area contributed by atoms with Gasteiger partial charge in [0, 0.05) is 38.6 Å². The van der Waals surface area contributed by atoms with Gasteiger partial charge in [0.1, 0.15) is 0 Å². The van der Waals surface area contributed by atoms with Gasteiger partial charge in [0.05, 0.1) is 0 Å². The van der Waals surface area contributed by atoms with E-state index >= 15 is 0 Å². The van der Waals surface area contributed by atoms with Crippen LogP contribution in [0.15, 0.2) is 0 Å². The standard InChI is InChI=1S/C17H31N3O.ClH/c21-17(16-13-15(16)14-5-2-1-3-6-14)19-7-4-10-20-11-8-18-9-12-20;/h14-16,18H,1-13H2,(H,19,21);1H. The van der Waals surface area contributed by atoms with Crippen LogP contribution in [0.5, 0.6) is 0 Å². The van der Waals surface area contributed by atoms with Crippen molar-refractivity contribution >= 4 is 18.3 Å². The van der Waals surface area contributed by atoms with Gasteiger partial charge in [-0.15, -0.1) is 12.4 Å². The first kappa shape index (κ1) is 18.0.